The monoisotopic (exact) mass is 352 g/mol. The maximum atomic E-state index is 12.5. The van der Waals surface area contributed by atoms with Crippen molar-refractivity contribution in [3.05, 3.63) is 42.2 Å². The van der Waals surface area contributed by atoms with E-state index in [9.17, 15) is 9.59 Å². The van der Waals surface area contributed by atoms with Gasteiger partial charge in [0.05, 0.1) is 0 Å². The summed E-state index contributed by atoms with van der Waals surface area (Å²) >= 11 is 0. The largest absolute Gasteiger partial charge is 0.457 e. The van der Waals surface area contributed by atoms with Gasteiger partial charge in [-0.3, -0.25) is 9.59 Å². The lowest BCUT2D eigenvalue weighted by atomic mass is 9.95. The van der Waals surface area contributed by atoms with Gasteiger partial charge < -0.3 is 14.2 Å². The van der Waals surface area contributed by atoms with Crippen LogP contribution in [0, 0.1) is 5.92 Å². The second-order valence-corrected chi connectivity index (χ2v) is 7.15. The van der Waals surface area contributed by atoms with Crippen molar-refractivity contribution in [2.24, 2.45) is 5.92 Å². The number of para-hydroxylation sites is 1. The average molecular weight is 352 g/mol. The molecule has 0 spiro atoms. The second kappa shape index (κ2) is 7.36. The first-order valence-electron chi connectivity index (χ1n) is 9.45. The summed E-state index contributed by atoms with van der Waals surface area (Å²) < 4.78 is 5.70. The molecule has 0 radical (unpaired) electrons. The molecular formula is C21H24N2O3. The van der Waals surface area contributed by atoms with Crippen LogP contribution in [0.5, 0.6) is 0 Å². The standard InChI is InChI=1S/C21H24N2O3/c24-20(8-7-18-15-17-5-1-2-6-19(17)26-18)22-13-9-16(10-14-22)21(25)23-11-3-4-12-23/h1-2,5-8,15-16H,3-4,9-14H2/b8-7+. The summed E-state index contributed by atoms with van der Waals surface area (Å²) in [5.41, 5.74) is 0.820. The number of carbonyl (C=O) groups is 2. The molecule has 5 nitrogen and oxygen atoms in total. The summed E-state index contributed by atoms with van der Waals surface area (Å²) in [7, 11) is 0. The van der Waals surface area contributed by atoms with E-state index >= 15 is 0 Å². The van der Waals surface area contributed by atoms with Gasteiger partial charge in [0.15, 0.2) is 0 Å². The summed E-state index contributed by atoms with van der Waals surface area (Å²) in [5.74, 6) is 1.03. The molecule has 2 aliphatic rings. The molecule has 26 heavy (non-hydrogen) atoms. The van der Waals surface area contributed by atoms with Crippen LogP contribution in [0.15, 0.2) is 40.8 Å². The molecule has 0 atom stereocenters. The highest BCUT2D eigenvalue weighted by molar-refractivity contribution is 5.92. The molecule has 2 aliphatic heterocycles. The fourth-order valence-electron chi connectivity index (χ4n) is 3.89. The van der Waals surface area contributed by atoms with Crippen molar-refractivity contribution in [2.45, 2.75) is 25.7 Å². The number of likely N-dealkylation sites (tertiary alicyclic amines) is 2. The molecule has 2 fully saturated rings. The number of nitrogens with zero attached hydrogens (tertiary/aromatic N) is 2. The Labute approximate surface area is 153 Å². The van der Waals surface area contributed by atoms with E-state index in [1.165, 1.54) is 0 Å². The predicted octanol–water partition coefficient (Wildman–Crippen LogP) is 3.31. The zero-order chi connectivity index (χ0) is 17.9. The van der Waals surface area contributed by atoms with E-state index in [2.05, 4.69) is 0 Å². The number of hydrogen-bond acceptors (Lipinski definition) is 3. The molecule has 2 aromatic rings. The molecule has 0 N–H and O–H groups in total. The lowest BCUT2D eigenvalue weighted by Crippen LogP contribution is -2.43. The molecular weight excluding hydrogens is 328 g/mol. The number of rotatable bonds is 3. The Hall–Kier alpha value is -2.56. The van der Waals surface area contributed by atoms with E-state index in [1.54, 1.807) is 12.2 Å². The third-order valence-electron chi connectivity index (χ3n) is 5.41. The summed E-state index contributed by atoms with van der Waals surface area (Å²) in [6, 6.07) is 9.72. The first-order valence-corrected chi connectivity index (χ1v) is 9.45. The number of benzene rings is 1. The summed E-state index contributed by atoms with van der Waals surface area (Å²) in [6.45, 7) is 3.09. The van der Waals surface area contributed by atoms with Gasteiger partial charge in [-0.05, 0) is 43.9 Å². The molecule has 2 amide bonds. The van der Waals surface area contributed by atoms with E-state index in [0.29, 0.717) is 18.8 Å². The number of fused-ring (bicyclic) bond motifs is 1. The molecule has 4 rings (SSSR count). The Morgan fingerprint density at radius 3 is 2.46 bits per heavy atom. The Balaban J connectivity index is 1.32. The van der Waals surface area contributed by atoms with Gasteiger partial charge in [0.25, 0.3) is 0 Å². The van der Waals surface area contributed by atoms with E-state index in [0.717, 1.165) is 49.7 Å². The maximum absolute atomic E-state index is 12.5. The van der Waals surface area contributed by atoms with Crippen LogP contribution < -0.4 is 0 Å². The number of carbonyl (C=O) groups excluding carboxylic acids is 2. The van der Waals surface area contributed by atoms with Crippen molar-refractivity contribution >= 4 is 28.9 Å². The van der Waals surface area contributed by atoms with Crippen molar-refractivity contribution in [3.63, 3.8) is 0 Å². The van der Waals surface area contributed by atoms with E-state index in [1.807, 2.05) is 40.1 Å². The minimum Gasteiger partial charge on any atom is -0.457 e. The molecule has 2 saturated heterocycles. The van der Waals surface area contributed by atoms with Crippen LogP contribution in [0.25, 0.3) is 17.0 Å². The molecule has 1 aromatic carbocycles. The van der Waals surface area contributed by atoms with E-state index in [4.69, 9.17) is 4.42 Å². The van der Waals surface area contributed by atoms with Crippen LogP contribution >= 0.6 is 0 Å². The van der Waals surface area contributed by atoms with Gasteiger partial charge in [0.1, 0.15) is 11.3 Å². The van der Waals surface area contributed by atoms with Crippen LogP contribution in [0.1, 0.15) is 31.4 Å². The first kappa shape index (κ1) is 16.9. The van der Waals surface area contributed by atoms with Crippen LogP contribution in [-0.4, -0.2) is 47.8 Å². The summed E-state index contributed by atoms with van der Waals surface area (Å²) in [4.78, 5) is 28.7. The van der Waals surface area contributed by atoms with Gasteiger partial charge in [-0.2, -0.15) is 0 Å². The zero-order valence-corrected chi connectivity index (χ0v) is 14.9. The van der Waals surface area contributed by atoms with E-state index < -0.39 is 0 Å². The van der Waals surface area contributed by atoms with Gasteiger partial charge in [-0.1, -0.05) is 18.2 Å². The van der Waals surface area contributed by atoms with Gasteiger partial charge in [-0.15, -0.1) is 0 Å². The van der Waals surface area contributed by atoms with Gasteiger partial charge in [0, 0.05) is 43.6 Å². The highest BCUT2D eigenvalue weighted by Gasteiger charge is 2.30. The fraction of sp³-hybridized carbons (Fsp3) is 0.429. The third kappa shape index (κ3) is 3.52. The third-order valence-corrected chi connectivity index (χ3v) is 5.41. The highest BCUT2D eigenvalue weighted by atomic mass is 16.3. The lowest BCUT2D eigenvalue weighted by Gasteiger charge is -2.32. The Morgan fingerprint density at radius 1 is 1.00 bits per heavy atom. The van der Waals surface area contributed by atoms with Gasteiger partial charge in [0.2, 0.25) is 11.8 Å². The maximum Gasteiger partial charge on any atom is 0.246 e. The Morgan fingerprint density at radius 2 is 1.73 bits per heavy atom. The molecule has 0 unspecified atom stereocenters. The molecule has 1 aromatic heterocycles. The van der Waals surface area contributed by atoms with Crippen LogP contribution in [-0.2, 0) is 9.59 Å². The van der Waals surface area contributed by atoms with E-state index in [-0.39, 0.29) is 17.7 Å². The highest BCUT2D eigenvalue weighted by Crippen LogP contribution is 2.23. The fourth-order valence-corrected chi connectivity index (χ4v) is 3.89. The zero-order valence-electron chi connectivity index (χ0n) is 14.9. The van der Waals surface area contributed by atoms with Crippen LogP contribution in [0.2, 0.25) is 0 Å². The first-order chi connectivity index (χ1) is 12.7. The minimum absolute atomic E-state index is 0.0162. The number of hydrogen-bond donors (Lipinski definition) is 0. The van der Waals surface area contributed by atoms with Crippen LogP contribution in [0.4, 0.5) is 0 Å². The Bertz CT molecular complexity index is 792. The normalized spacial score (nSPS) is 18.9. The summed E-state index contributed by atoms with van der Waals surface area (Å²) in [5, 5.41) is 1.03. The SMILES string of the molecule is O=C(/C=C/c1cc2ccccc2o1)N1CCC(C(=O)N2CCCC2)CC1. The number of amides is 2. The van der Waals surface area contributed by atoms with Crippen molar-refractivity contribution in [1.29, 1.82) is 0 Å². The van der Waals surface area contributed by atoms with Gasteiger partial charge >= 0.3 is 0 Å². The summed E-state index contributed by atoms with van der Waals surface area (Å²) in [6.07, 6.45) is 7.06. The topological polar surface area (TPSA) is 53.8 Å². The quantitative estimate of drug-likeness (QED) is 0.797. The molecule has 0 aliphatic carbocycles. The van der Waals surface area contributed by atoms with Crippen LogP contribution in [0.3, 0.4) is 0 Å². The molecule has 0 bridgehead atoms. The second-order valence-electron chi connectivity index (χ2n) is 7.15. The van der Waals surface area contributed by atoms with Crippen molar-refractivity contribution in [3.8, 4) is 0 Å². The van der Waals surface area contributed by atoms with Crippen molar-refractivity contribution < 1.29 is 14.0 Å². The Kier molecular flexibility index (Phi) is 4.78. The average Bonchev–Trinajstić information content (AvgIpc) is 3.35. The predicted molar refractivity (Wildman–Crippen MR) is 100 cm³/mol. The molecule has 5 heteroatoms. The number of piperidine rings is 1. The molecule has 0 saturated carbocycles. The smallest absolute Gasteiger partial charge is 0.246 e. The number of furan rings is 1. The lowest BCUT2D eigenvalue weighted by molar-refractivity contribution is -0.138. The van der Waals surface area contributed by atoms with Crippen molar-refractivity contribution in [2.75, 3.05) is 26.2 Å². The van der Waals surface area contributed by atoms with Crippen molar-refractivity contribution in [1.82, 2.24) is 9.80 Å². The minimum atomic E-state index is -0.0162. The van der Waals surface area contributed by atoms with Gasteiger partial charge in [-0.25, -0.2) is 0 Å². The molecule has 136 valence electrons. The molecule has 3 heterocycles.